The Balaban J connectivity index is 1.60. The minimum absolute atomic E-state index is 0.263. The molecule has 0 radical (unpaired) electrons. The van der Waals surface area contributed by atoms with Crippen molar-refractivity contribution in [2.75, 3.05) is 6.61 Å². The van der Waals surface area contributed by atoms with Crippen molar-refractivity contribution in [2.45, 2.75) is 50.4 Å². The fourth-order valence-corrected chi connectivity index (χ4v) is 3.20. The van der Waals surface area contributed by atoms with Crippen LogP contribution in [0.2, 0.25) is 0 Å². The highest BCUT2D eigenvalue weighted by Gasteiger charge is 2.42. The highest BCUT2D eigenvalue weighted by molar-refractivity contribution is 5.15. The van der Waals surface area contributed by atoms with Gasteiger partial charge in [-0.25, -0.2) is 0 Å². The average Bonchev–Trinajstić information content (AvgIpc) is 2.84. The van der Waals surface area contributed by atoms with E-state index in [0.717, 1.165) is 45.1 Å². The number of ether oxygens (including phenoxy) is 2. The van der Waals surface area contributed by atoms with Gasteiger partial charge in [-0.2, -0.15) is 0 Å². The summed E-state index contributed by atoms with van der Waals surface area (Å²) < 4.78 is 12.1. The first-order valence-electron chi connectivity index (χ1n) is 7.28. The van der Waals surface area contributed by atoms with Gasteiger partial charge in [0.05, 0.1) is 12.7 Å². The minimum atomic E-state index is -0.337. The van der Waals surface area contributed by atoms with Crippen LogP contribution in [0.5, 0.6) is 0 Å². The number of aryl methyl sites for hydroxylation is 1. The molecule has 0 amide bonds. The zero-order valence-corrected chi connectivity index (χ0v) is 11.4. The third-order valence-electron chi connectivity index (χ3n) is 4.08. The Morgan fingerprint density at radius 2 is 2.11 bits per heavy atom. The molecule has 0 aliphatic carbocycles. The molecule has 1 aromatic rings. The molecular weight excluding hydrogens is 236 g/mol. The third kappa shape index (κ3) is 3.07. The van der Waals surface area contributed by atoms with Gasteiger partial charge >= 0.3 is 0 Å². The van der Waals surface area contributed by atoms with Crippen molar-refractivity contribution in [2.24, 2.45) is 0 Å². The topological polar surface area (TPSA) is 18.5 Å². The predicted molar refractivity (Wildman–Crippen MR) is 75.9 cm³/mol. The SMILES string of the molecule is C=C1CC(CCc2ccccc2)OC2(CCCO2)C1. The first-order chi connectivity index (χ1) is 9.26. The molecule has 2 atom stereocenters. The molecule has 1 spiro atoms. The van der Waals surface area contributed by atoms with Gasteiger partial charge in [0, 0.05) is 12.8 Å². The van der Waals surface area contributed by atoms with E-state index in [9.17, 15) is 0 Å². The minimum Gasteiger partial charge on any atom is -0.350 e. The molecular formula is C17H22O2. The van der Waals surface area contributed by atoms with Gasteiger partial charge < -0.3 is 9.47 Å². The van der Waals surface area contributed by atoms with Crippen molar-refractivity contribution < 1.29 is 9.47 Å². The summed E-state index contributed by atoms with van der Waals surface area (Å²) in [4.78, 5) is 0. The van der Waals surface area contributed by atoms with E-state index < -0.39 is 0 Å². The van der Waals surface area contributed by atoms with Crippen LogP contribution in [-0.4, -0.2) is 18.5 Å². The lowest BCUT2D eigenvalue weighted by molar-refractivity contribution is -0.246. The standard InChI is InChI=1S/C17H22O2/c1-14-12-16(9-8-15-6-3-2-4-7-15)19-17(13-14)10-5-11-18-17/h2-4,6-7,16H,1,5,8-13H2. The second-order valence-corrected chi connectivity index (χ2v) is 5.76. The summed E-state index contributed by atoms with van der Waals surface area (Å²) in [5, 5.41) is 0. The van der Waals surface area contributed by atoms with E-state index in [2.05, 4.69) is 36.9 Å². The molecule has 102 valence electrons. The zero-order valence-electron chi connectivity index (χ0n) is 11.4. The molecule has 19 heavy (non-hydrogen) atoms. The molecule has 2 aliphatic rings. The van der Waals surface area contributed by atoms with Crippen molar-refractivity contribution >= 4 is 0 Å². The van der Waals surface area contributed by atoms with E-state index in [0.29, 0.717) is 0 Å². The normalized spacial score (nSPS) is 30.9. The Morgan fingerprint density at radius 3 is 2.84 bits per heavy atom. The number of hydrogen-bond donors (Lipinski definition) is 0. The lowest BCUT2D eigenvalue weighted by atomic mass is 9.92. The summed E-state index contributed by atoms with van der Waals surface area (Å²) in [7, 11) is 0. The first kappa shape index (κ1) is 12.9. The molecule has 2 heterocycles. The van der Waals surface area contributed by atoms with E-state index in [4.69, 9.17) is 9.47 Å². The van der Waals surface area contributed by atoms with E-state index in [1.807, 2.05) is 0 Å². The largest absolute Gasteiger partial charge is 0.350 e. The van der Waals surface area contributed by atoms with Gasteiger partial charge in [0.25, 0.3) is 0 Å². The molecule has 3 rings (SSSR count). The van der Waals surface area contributed by atoms with Crippen molar-refractivity contribution in [3.63, 3.8) is 0 Å². The second kappa shape index (κ2) is 5.48. The van der Waals surface area contributed by atoms with Crippen LogP contribution < -0.4 is 0 Å². The molecule has 2 nitrogen and oxygen atoms in total. The fraction of sp³-hybridized carbons (Fsp3) is 0.529. The molecule has 2 saturated heterocycles. The third-order valence-corrected chi connectivity index (χ3v) is 4.08. The van der Waals surface area contributed by atoms with Gasteiger partial charge in [0.15, 0.2) is 5.79 Å². The van der Waals surface area contributed by atoms with Crippen molar-refractivity contribution in [3.8, 4) is 0 Å². The molecule has 2 unspecified atom stereocenters. The van der Waals surface area contributed by atoms with Crippen LogP contribution in [0.15, 0.2) is 42.5 Å². The van der Waals surface area contributed by atoms with Crippen LogP contribution in [0.3, 0.4) is 0 Å². The van der Waals surface area contributed by atoms with Crippen LogP contribution >= 0.6 is 0 Å². The van der Waals surface area contributed by atoms with Gasteiger partial charge in [-0.1, -0.05) is 42.5 Å². The highest BCUT2D eigenvalue weighted by atomic mass is 16.7. The molecule has 2 aliphatic heterocycles. The van der Waals surface area contributed by atoms with Crippen LogP contribution in [0, 0.1) is 0 Å². The van der Waals surface area contributed by atoms with Gasteiger partial charge in [-0.05, 0) is 31.2 Å². The maximum atomic E-state index is 6.24. The molecule has 1 aromatic carbocycles. The molecule has 2 heteroatoms. The summed E-state index contributed by atoms with van der Waals surface area (Å²) in [6.45, 7) is 5.01. The van der Waals surface area contributed by atoms with Crippen molar-refractivity contribution in [1.82, 2.24) is 0 Å². The lowest BCUT2D eigenvalue weighted by Gasteiger charge is -2.39. The van der Waals surface area contributed by atoms with Crippen molar-refractivity contribution in [1.29, 1.82) is 0 Å². The molecule has 2 fully saturated rings. The zero-order chi connectivity index (χ0) is 13.1. The Labute approximate surface area is 115 Å². The number of hydrogen-bond acceptors (Lipinski definition) is 2. The van der Waals surface area contributed by atoms with Gasteiger partial charge in [-0.3, -0.25) is 0 Å². The summed E-state index contributed by atoms with van der Waals surface area (Å²) in [5.74, 6) is -0.337. The summed E-state index contributed by atoms with van der Waals surface area (Å²) in [6, 6.07) is 10.6. The smallest absolute Gasteiger partial charge is 0.172 e. The number of rotatable bonds is 3. The summed E-state index contributed by atoms with van der Waals surface area (Å²) >= 11 is 0. The Morgan fingerprint density at radius 1 is 1.26 bits per heavy atom. The van der Waals surface area contributed by atoms with Crippen LogP contribution in [0.25, 0.3) is 0 Å². The molecule has 0 saturated carbocycles. The van der Waals surface area contributed by atoms with Crippen LogP contribution in [-0.2, 0) is 15.9 Å². The summed E-state index contributed by atoms with van der Waals surface area (Å²) in [6.07, 6.45) is 6.38. The van der Waals surface area contributed by atoms with Gasteiger partial charge in [0.1, 0.15) is 0 Å². The van der Waals surface area contributed by atoms with Crippen LogP contribution in [0.1, 0.15) is 37.7 Å². The van der Waals surface area contributed by atoms with E-state index >= 15 is 0 Å². The molecule has 0 bridgehead atoms. The number of benzene rings is 1. The Kier molecular flexibility index (Phi) is 3.72. The van der Waals surface area contributed by atoms with E-state index in [1.165, 1.54) is 11.1 Å². The van der Waals surface area contributed by atoms with E-state index in [1.54, 1.807) is 0 Å². The first-order valence-corrected chi connectivity index (χ1v) is 7.28. The molecule has 0 aromatic heterocycles. The Bertz CT molecular complexity index is 432. The monoisotopic (exact) mass is 258 g/mol. The molecule has 0 N–H and O–H groups in total. The second-order valence-electron chi connectivity index (χ2n) is 5.76. The van der Waals surface area contributed by atoms with Crippen LogP contribution in [0.4, 0.5) is 0 Å². The van der Waals surface area contributed by atoms with Gasteiger partial charge in [0.2, 0.25) is 0 Å². The fourth-order valence-electron chi connectivity index (χ4n) is 3.20. The highest BCUT2D eigenvalue weighted by Crippen LogP contribution is 2.40. The van der Waals surface area contributed by atoms with Gasteiger partial charge in [-0.15, -0.1) is 0 Å². The predicted octanol–water partition coefficient (Wildman–Crippen LogP) is 3.86. The van der Waals surface area contributed by atoms with Crippen molar-refractivity contribution in [3.05, 3.63) is 48.0 Å². The maximum absolute atomic E-state index is 6.24. The lowest BCUT2D eigenvalue weighted by Crippen LogP contribution is -2.41. The quantitative estimate of drug-likeness (QED) is 0.766. The van der Waals surface area contributed by atoms with E-state index in [-0.39, 0.29) is 11.9 Å². The maximum Gasteiger partial charge on any atom is 0.172 e. The Hall–Kier alpha value is -1.12. The summed E-state index contributed by atoms with van der Waals surface area (Å²) in [5.41, 5.74) is 2.66. The average molecular weight is 258 g/mol.